The molecule has 1 saturated heterocycles. The van der Waals surface area contributed by atoms with E-state index in [0.29, 0.717) is 0 Å². The highest BCUT2D eigenvalue weighted by Gasteiger charge is 2.49. The van der Waals surface area contributed by atoms with E-state index in [9.17, 15) is 22.7 Å². The van der Waals surface area contributed by atoms with E-state index in [1.54, 1.807) is 0 Å². The predicted molar refractivity (Wildman–Crippen MR) is 228 cm³/mol. The second-order valence-corrected chi connectivity index (χ2v) is 16.3. The van der Waals surface area contributed by atoms with Gasteiger partial charge in [-0.3, -0.25) is 9.09 Å². The molecule has 1 aliphatic heterocycles. The summed E-state index contributed by atoms with van der Waals surface area (Å²) in [5, 5.41) is 10.5. The molecule has 0 aromatic carbocycles. The van der Waals surface area contributed by atoms with Gasteiger partial charge >= 0.3 is 26.0 Å². The van der Waals surface area contributed by atoms with Crippen LogP contribution in [0.5, 0.6) is 0 Å². The molecule has 22 nitrogen and oxygen atoms in total. The van der Waals surface area contributed by atoms with Crippen molar-refractivity contribution in [2.24, 2.45) is 0 Å². The van der Waals surface area contributed by atoms with Crippen LogP contribution < -0.4 is 5.73 Å². The molecule has 4 atom stereocenters. The molecule has 350 valence electrons. The van der Waals surface area contributed by atoms with Crippen LogP contribution in [0, 0.1) is 0 Å². The number of nitrogens with zero attached hydrogens (tertiary/aromatic N) is 8. The lowest BCUT2D eigenvalue weighted by atomic mass is 10.1. The molecule has 1 aliphatic rings. The van der Waals surface area contributed by atoms with E-state index in [0.717, 1.165) is 17.2 Å². The number of hydrogen-bond donors (Lipinski definition) is 6. The first-order chi connectivity index (χ1) is 27.6. The number of hydrogen-bond acceptors (Lipinski definition) is 17. The minimum Gasteiger partial charge on any atom is -0.386 e. The molecule has 3 rings (SSSR count). The molecule has 0 aliphatic carbocycles. The van der Waals surface area contributed by atoms with Gasteiger partial charge in [0.05, 0.1) is 12.9 Å². The van der Waals surface area contributed by atoms with Gasteiger partial charge in [0.25, 0.3) is 0 Å². The highest BCUT2D eigenvalue weighted by molar-refractivity contribution is 7.86. The summed E-state index contributed by atoms with van der Waals surface area (Å²) in [4.78, 5) is 56.4. The molecule has 0 amide bonds. The van der Waals surface area contributed by atoms with Crippen molar-refractivity contribution in [1.82, 2.24) is 39.1 Å². The SMILES string of the molecule is CCN(CC)CC.CCN(CC)CC.CCN(CC)CC.CCN(CC)CC.Nc1ncnc2c1ncn2C1OC(COS(=O)(=O)OP(=O)(O)O)C(OP(=O)(O)O)C1O. The quantitative estimate of drug-likeness (QED) is 0.104. The molecule has 59 heavy (non-hydrogen) atoms. The van der Waals surface area contributed by atoms with E-state index in [4.69, 9.17) is 30.0 Å². The first-order valence-corrected chi connectivity index (χ1v) is 24.5. The van der Waals surface area contributed by atoms with Crippen LogP contribution in [-0.4, -0.2) is 176 Å². The van der Waals surface area contributed by atoms with Gasteiger partial charge in [0.1, 0.15) is 30.2 Å². The second kappa shape index (κ2) is 31.1. The van der Waals surface area contributed by atoms with Crippen LogP contribution in [0.2, 0.25) is 0 Å². The van der Waals surface area contributed by atoms with E-state index in [1.807, 2.05) is 0 Å². The maximum Gasteiger partial charge on any atom is 0.486 e. The van der Waals surface area contributed by atoms with Crippen molar-refractivity contribution in [3.8, 4) is 0 Å². The van der Waals surface area contributed by atoms with Gasteiger partial charge in [-0.25, -0.2) is 28.3 Å². The van der Waals surface area contributed by atoms with Gasteiger partial charge in [-0.05, 0) is 78.5 Å². The first-order valence-electron chi connectivity index (χ1n) is 20.1. The molecule has 3 heterocycles. The van der Waals surface area contributed by atoms with Crippen LogP contribution >= 0.6 is 15.6 Å². The van der Waals surface area contributed by atoms with Gasteiger partial charge in [-0.1, -0.05) is 83.1 Å². The van der Waals surface area contributed by atoms with Crippen LogP contribution in [0.3, 0.4) is 0 Å². The van der Waals surface area contributed by atoms with Gasteiger partial charge in [0.2, 0.25) is 0 Å². The average Bonchev–Trinajstić information content (AvgIpc) is 3.74. The molecule has 2 aromatic rings. The van der Waals surface area contributed by atoms with E-state index < -0.39 is 57.2 Å². The van der Waals surface area contributed by atoms with E-state index >= 15 is 0 Å². The number of anilines is 1. The van der Waals surface area contributed by atoms with E-state index in [-0.39, 0.29) is 17.0 Å². The van der Waals surface area contributed by atoms with E-state index in [1.165, 1.54) is 78.5 Å². The van der Waals surface area contributed by atoms with Gasteiger partial charge in [-0.2, -0.15) is 8.42 Å². The number of phosphoric acid groups is 2. The number of aromatic nitrogens is 4. The zero-order valence-corrected chi connectivity index (χ0v) is 39.7. The summed E-state index contributed by atoms with van der Waals surface area (Å²) in [5.41, 5.74) is 5.84. The fourth-order valence-corrected chi connectivity index (χ4v) is 7.40. The van der Waals surface area contributed by atoms with Crippen molar-refractivity contribution in [1.29, 1.82) is 0 Å². The number of fused-ring (bicyclic) bond motifs is 1. The lowest BCUT2D eigenvalue weighted by Crippen LogP contribution is -2.36. The van der Waals surface area contributed by atoms with Crippen LogP contribution in [0.1, 0.15) is 89.3 Å². The fraction of sp³-hybridized carbons (Fsp3) is 0.853. The largest absolute Gasteiger partial charge is 0.486 e. The Hall–Kier alpha value is -1.76. The summed E-state index contributed by atoms with van der Waals surface area (Å²) in [7, 11) is -16.0. The minimum absolute atomic E-state index is 0.0141. The Balaban J connectivity index is 0. The number of ether oxygens (including phenoxy) is 1. The zero-order chi connectivity index (χ0) is 46.0. The fourth-order valence-electron chi connectivity index (χ4n) is 5.40. The van der Waals surface area contributed by atoms with E-state index in [2.05, 4.69) is 130 Å². The van der Waals surface area contributed by atoms with Crippen molar-refractivity contribution in [2.75, 3.05) is 90.9 Å². The molecule has 0 bridgehead atoms. The summed E-state index contributed by atoms with van der Waals surface area (Å²) in [5.74, 6) is -0.0141. The Morgan fingerprint density at radius 2 is 1.08 bits per heavy atom. The Bertz CT molecular complexity index is 1500. The summed E-state index contributed by atoms with van der Waals surface area (Å²) in [6.07, 6.45) is -4.61. The van der Waals surface area contributed by atoms with Crippen molar-refractivity contribution >= 4 is 43.0 Å². The Kier molecular flexibility index (Phi) is 31.3. The number of rotatable bonds is 20. The number of aliphatic hydroxyl groups excluding tert-OH is 1. The van der Waals surface area contributed by atoms with Crippen LogP contribution in [0.25, 0.3) is 11.2 Å². The lowest BCUT2D eigenvalue weighted by Gasteiger charge is -2.20. The maximum absolute atomic E-state index is 11.5. The second-order valence-electron chi connectivity index (χ2n) is 12.4. The van der Waals surface area contributed by atoms with Gasteiger partial charge in [0, 0.05) is 0 Å². The van der Waals surface area contributed by atoms with Crippen LogP contribution in [0.15, 0.2) is 12.7 Å². The normalized spacial score (nSPS) is 18.2. The first kappa shape index (κ1) is 59.3. The van der Waals surface area contributed by atoms with Crippen LogP contribution in [0.4, 0.5) is 5.82 Å². The summed E-state index contributed by atoms with van der Waals surface area (Å²) in [6, 6.07) is 0. The topological polar surface area (TPSA) is 289 Å². The number of imidazole rings is 1. The molecular weight excluding hydrogens is 836 g/mol. The van der Waals surface area contributed by atoms with Crippen molar-refractivity contribution in [3.63, 3.8) is 0 Å². The molecule has 4 unspecified atom stereocenters. The van der Waals surface area contributed by atoms with Crippen molar-refractivity contribution in [2.45, 2.75) is 108 Å². The minimum atomic E-state index is -5.49. The Labute approximate surface area is 352 Å². The van der Waals surface area contributed by atoms with Gasteiger partial charge < -0.3 is 54.8 Å². The highest BCUT2D eigenvalue weighted by Crippen LogP contribution is 2.45. The number of aliphatic hydroxyl groups is 1. The van der Waals surface area contributed by atoms with Crippen molar-refractivity contribution in [3.05, 3.63) is 12.7 Å². The monoisotopic (exact) mass is 911 g/mol. The summed E-state index contributed by atoms with van der Waals surface area (Å²) >= 11 is 0. The third-order valence-electron chi connectivity index (χ3n) is 9.16. The molecule has 7 N–H and O–H groups in total. The predicted octanol–water partition coefficient (Wildman–Crippen LogP) is 2.91. The third kappa shape index (κ3) is 24.5. The molecule has 25 heteroatoms. The van der Waals surface area contributed by atoms with Gasteiger partial charge in [-0.15, -0.1) is 3.97 Å². The standard InChI is InChI=1S/C10H15N5O13P2S.4C6H15N/c11-8-5-9(13-2-12-8)15(3-14-5)10-6(16)7(27-29(17,18)19)4(26-10)1-25-31(23,24)28-30(20,21)22;4*1-4-7(5-2)6-3/h2-4,6-7,10,16H,1H2,(H2,11,12,13)(H2,17,18,19)(H2,20,21,22);4*4-6H2,1-3H3. The molecule has 0 saturated carbocycles. The number of phosphoric ester groups is 1. The molecule has 0 radical (unpaired) electrons. The van der Waals surface area contributed by atoms with Crippen LogP contribution in [-0.2, 0) is 36.9 Å². The lowest BCUT2D eigenvalue weighted by molar-refractivity contribution is -0.0476. The molecular formula is C34H75N9O13P2S. The van der Waals surface area contributed by atoms with Gasteiger partial charge in [0.15, 0.2) is 17.7 Å². The Morgan fingerprint density at radius 1 is 0.695 bits per heavy atom. The zero-order valence-electron chi connectivity index (χ0n) is 37.1. The summed E-state index contributed by atoms with van der Waals surface area (Å²) < 4.78 is 63.7. The highest BCUT2D eigenvalue weighted by atomic mass is 32.3. The summed E-state index contributed by atoms with van der Waals surface area (Å²) in [6.45, 7) is 39.4. The molecule has 0 spiro atoms. The number of nitrogens with two attached hydrogens (primary N) is 1. The Morgan fingerprint density at radius 3 is 1.41 bits per heavy atom. The number of nitrogen functional groups attached to an aromatic ring is 1. The molecule has 1 fully saturated rings. The smallest absolute Gasteiger partial charge is 0.386 e. The molecule has 2 aromatic heterocycles. The maximum atomic E-state index is 11.5. The average molecular weight is 912 g/mol. The third-order valence-corrected chi connectivity index (χ3v) is 11.6. The van der Waals surface area contributed by atoms with Crippen molar-refractivity contribution < 1.29 is 59.6 Å².